The number of hydrogen-bond acceptors (Lipinski definition) is 3. The summed E-state index contributed by atoms with van der Waals surface area (Å²) in [5.41, 5.74) is 0.0808. The second-order valence-electron chi connectivity index (χ2n) is 3.29. The van der Waals surface area contributed by atoms with Gasteiger partial charge in [-0.25, -0.2) is 12.8 Å². The number of hydrogen-bond donors (Lipinski definition) is 1. The molecule has 1 rings (SSSR count). The van der Waals surface area contributed by atoms with Crippen LogP contribution in [0.5, 0.6) is 0 Å². The van der Waals surface area contributed by atoms with Gasteiger partial charge in [0.25, 0.3) is 0 Å². The Labute approximate surface area is 106 Å². The Morgan fingerprint density at radius 1 is 1.56 bits per heavy atom. The minimum atomic E-state index is -3.75. The van der Waals surface area contributed by atoms with Gasteiger partial charge in [-0.2, -0.15) is 0 Å². The van der Waals surface area contributed by atoms with Gasteiger partial charge in [-0.05, 0) is 33.6 Å². The summed E-state index contributed by atoms with van der Waals surface area (Å²) >= 11 is 8.44. The molecule has 0 aliphatic carbocycles. The Morgan fingerprint density at radius 2 is 2.12 bits per heavy atom. The summed E-state index contributed by atoms with van der Waals surface area (Å²) in [7, 11) is -3.75. The van der Waals surface area contributed by atoms with Crippen LogP contribution in [0.15, 0.2) is 24.3 Å². The third-order valence-corrected chi connectivity index (χ3v) is 6.43. The maximum atomic E-state index is 12.9. The zero-order valence-electron chi connectivity index (χ0n) is 8.19. The fraction of sp³-hybridized carbons (Fsp3) is 0.333. The quantitative estimate of drug-likeness (QED) is 0.864. The van der Waals surface area contributed by atoms with E-state index < -0.39 is 24.9 Å². The molecule has 0 saturated heterocycles. The first-order chi connectivity index (χ1) is 7.16. The SMILES string of the molecule is CS(=O)(=O)[C@@](Cl)(Br)[C@H](O)c1cccc(F)c1. The predicted molar refractivity (Wildman–Crippen MR) is 63.7 cm³/mol. The van der Waals surface area contributed by atoms with E-state index in [4.69, 9.17) is 11.6 Å². The lowest BCUT2D eigenvalue weighted by molar-refractivity contribution is 0.185. The van der Waals surface area contributed by atoms with E-state index in [-0.39, 0.29) is 5.56 Å². The summed E-state index contributed by atoms with van der Waals surface area (Å²) in [4.78, 5) is 0. The molecule has 1 N–H and O–H groups in total. The molecule has 0 heterocycles. The van der Waals surface area contributed by atoms with Crippen molar-refractivity contribution in [2.24, 2.45) is 0 Å². The van der Waals surface area contributed by atoms with Gasteiger partial charge in [-0.15, -0.1) is 0 Å². The van der Waals surface area contributed by atoms with Crippen LogP contribution in [0, 0.1) is 5.82 Å². The van der Waals surface area contributed by atoms with E-state index in [0.29, 0.717) is 0 Å². The van der Waals surface area contributed by atoms with Crippen LogP contribution in [0.2, 0.25) is 0 Å². The fourth-order valence-electron chi connectivity index (χ4n) is 1.07. The monoisotopic (exact) mass is 330 g/mol. The average molecular weight is 332 g/mol. The molecule has 3 nitrogen and oxygen atoms in total. The highest BCUT2D eigenvalue weighted by Gasteiger charge is 2.44. The van der Waals surface area contributed by atoms with Gasteiger partial charge in [-0.1, -0.05) is 23.7 Å². The van der Waals surface area contributed by atoms with Gasteiger partial charge in [0.2, 0.25) is 3.12 Å². The molecule has 0 bridgehead atoms. The van der Waals surface area contributed by atoms with Crippen LogP contribution in [0.4, 0.5) is 4.39 Å². The Morgan fingerprint density at radius 3 is 2.56 bits per heavy atom. The largest absolute Gasteiger partial charge is 0.385 e. The van der Waals surface area contributed by atoms with Crippen LogP contribution in [-0.4, -0.2) is 22.9 Å². The maximum absolute atomic E-state index is 12.9. The number of sulfone groups is 1. The molecule has 1 aromatic rings. The third kappa shape index (κ3) is 2.74. The minimum Gasteiger partial charge on any atom is -0.385 e. The molecular weight excluding hydrogens is 323 g/mol. The lowest BCUT2D eigenvalue weighted by Gasteiger charge is -2.24. The van der Waals surface area contributed by atoms with Crippen molar-refractivity contribution < 1.29 is 17.9 Å². The second-order valence-corrected chi connectivity index (χ2v) is 8.53. The van der Waals surface area contributed by atoms with Crippen LogP contribution in [0.3, 0.4) is 0 Å². The lowest BCUT2D eigenvalue weighted by atomic mass is 10.1. The molecule has 0 saturated carbocycles. The van der Waals surface area contributed by atoms with Crippen molar-refractivity contribution in [1.82, 2.24) is 0 Å². The van der Waals surface area contributed by atoms with E-state index in [1.54, 1.807) is 0 Å². The molecule has 0 spiro atoms. The van der Waals surface area contributed by atoms with Gasteiger partial charge in [0.1, 0.15) is 11.9 Å². The van der Waals surface area contributed by atoms with Crippen molar-refractivity contribution in [2.45, 2.75) is 9.22 Å². The van der Waals surface area contributed by atoms with Gasteiger partial charge < -0.3 is 5.11 Å². The third-order valence-electron chi connectivity index (χ3n) is 1.98. The molecule has 1 aromatic carbocycles. The number of halogens is 3. The molecule has 16 heavy (non-hydrogen) atoms. The van der Waals surface area contributed by atoms with Crippen LogP contribution >= 0.6 is 27.5 Å². The van der Waals surface area contributed by atoms with Gasteiger partial charge in [0, 0.05) is 6.26 Å². The minimum absolute atomic E-state index is 0.0808. The summed E-state index contributed by atoms with van der Waals surface area (Å²) in [5, 5.41) is 9.78. The number of aliphatic hydroxyl groups excluding tert-OH is 1. The zero-order chi connectivity index (χ0) is 12.6. The smallest absolute Gasteiger partial charge is 0.228 e. The molecule has 0 amide bonds. The van der Waals surface area contributed by atoms with Crippen LogP contribution in [-0.2, 0) is 9.84 Å². The second kappa shape index (κ2) is 4.60. The first-order valence-electron chi connectivity index (χ1n) is 4.17. The van der Waals surface area contributed by atoms with E-state index in [1.807, 2.05) is 0 Å². The molecule has 0 unspecified atom stereocenters. The molecule has 0 radical (unpaired) electrons. The number of benzene rings is 1. The van der Waals surface area contributed by atoms with Gasteiger partial charge in [0.05, 0.1) is 0 Å². The summed E-state index contributed by atoms with van der Waals surface area (Å²) < 4.78 is 33.5. The van der Waals surface area contributed by atoms with Gasteiger partial charge >= 0.3 is 0 Å². The van der Waals surface area contributed by atoms with Crippen LogP contribution < -0.4 is 0 Å². The topological polar surface area (TPSA) is 54.4 Å². The highest BCUT2D eigenvalue weighted by atomic mass is 79.9. The average Bonchev–Trinajstić information content (AvgIpc) is 2.14. The standard InChI is InChI=1S/C9H9BrClFO3S/c1-16(14,15)9(10,11)8(13)6-3-2-4-7(12)5-6/h2-5,8,13H,1H3/t8-,9-/m1/s1. The van der Waals surface area contributed by atoms with E-state index >= 15 is 0 Å². The zero-order valence-corrected chi connectivity index (χ0v) is 11.4. The first-order valence-corrected chi connectivity index (χ1v) is 7.23. The van der Waals surface area contributed by atoms with E-state index in [2.05, 4.69) is 15.9 Å². The Bertz CT molecular complexity index is 489. The molecular formula is C9H9BrClFO3S. The molecule has 0 aliphatic rings. The van der Waals surface area contributed by atoms with Crippen molar-refractivity contribution in [2.75, 3.05) is 6.26 Å². The normalized spacial score (nSPS) is 17.8. The summed E-state index contributed by atoms with van der Waals surface area (Å²) in [5.74, 6) is -0.579. The molecule has 2 atom stereocenters. The Hall–Kier alpha value is -0.170. The van der Waals surface area contributed by atoms with Crippen LogP contribution in [0.25, 0.3) is 0 Å². The number of rotatable bonds is 3. The van der Waals surface area contributed by atoms with Crippen molar-refractivity contribution in [3.63, 3.8) is 0 Å². The van der Waals surface area contributed by atoms with E-state index in [9.17, 15) is 17.9 Å². The highest BCUT2D eigenvalue weighted by molar-refractivity contribution is 9.12. The van der Waals surface area contributed by atoms with Gasteiger partial charge in [-0.3, -0.25) is 0 Å². The molecule has 0 fully saturated rings. The summed E-state index contributed by atoms with van der Waals surface area (Å²) in [6.45, 7) is 0. The molecule has 0 aromatic heterocycles. The first kappa shape index (κ1) is 13.9. The van der Waals surface area contributed by atoms with Crippen molar-refractivity contribution in [1.29, 1.82) is 0 Å². The van der Waals surface area contributed by atoms with E-state index in [0.717, 1.165) is 12.3 Å². The number of aliphatic hydroxyl groups is 1. The maximum Gasteiger partial charge on any atom is 0.228 e. The fourth-order valence-corrected chi connectivity index (χ4v) is 2.01. The summed E-state index contributed by atoms with van der Waals surface area (Å²) in [6, 6.07) is 4.95. The predicted octanol–water partition coefficient (Wildman–Crippen LogP) is 2.19. The lowest BCUT2D eigenvalue weighted by Crippen LogP contribution is -2.32. The molecule has 0 aliphatic heterocycles. The van der Waals surface area contributed by atoms with Crippen molar-refractivity contribution in [3.05, 3.63) is 35.6 Å². The molecule has 7 heteroatoms. The highest BCUT2D eigenvalue weighted by Crippen LogP contribution is 2.42. The van der Waals surface area contributed by atoms with Crippen LogP contribution in [0.1, 0.15) is 11.7 Å². The number of alkyl halides is 2. The van der Waals surface area contributed by atoms with Crippen molar-refractivity contribution in [3.8, 4) is 0 Å². The molecule has 90 valence electrons. The van der Waals surface area contributed by atoms with Crippen molar-refractivity contribution >= 4 is 37.4 Å². The van der Waals surface area contributed by atoms with E-state index in [1.165, 1.54) is 18.2 Å². The summed E-state index contributed by atoms with van der Waals surface area (Å²) in [6.07, 6.45) is -0.697. The Kier molecular flexibility index (Phi) is 3.99. The van der Waals surface area contributed by atoms with Gasteiger partial charge in [0.15, 0.2) is 9.84 Å². The Balaban J connectivity index is 3.17.